The molecule has 15 heavy (non-hydrogen) atoms. The van der Waals surface area contributed by atoms with Crippen LogP contribution in [0.3, 0.4) is 0 Å². The van der Waals surface area contributed by atoms with E-state index in [1.165, 1.54) is 0 Å². The van der Waals surface area contributed by atoms with Crippen LogP contribution in [0.1, 0.15) is 40.5 Å². The van der Waals surface area contributed by atoms with Gasteiger partial charge in [-0.05, 0) is 40.5 Å². The molecule has 1 saturated carbocycles. The van der Waals surface area contributed by atoms with E-state index in [2.05, 4.69) is 10.6 Å². The standard InChI is InChI=1S/C11H20N2O2/c1-7(2)12-9(14)11(5-6-11)10(15)13-8(3)4/h7-8H,5-6H2,1-4H3,(H,12,14)(H,13,15). The summed E-state index contributed by atoms with van der Waals surface area (Å²) in [5.74, 6) is -0.258. The van der Waals surface area contributed by atoms with E-state index in [1.54, 1.807) is 0 Å². The Balaban J connectivity index is 2.59. The molecule has 0 spiro atoms. The predicted molar refractivity (Wildman–Crippen MR) is 58.2 cm³/mol. The second kappa shape index (κ2) is 4.21. The maximum absolute atomic E-state index is 11.8. The molecule has 2 amide bonds. The second-order valence-electron chi connectivity index (χ2n) is 4.84. The minimum Gasteiger partial charge on any atom is -0.353 e. The first-order valence-corrected chi connectivity index (χ1v) is 5.50. The molecule has 4 heteroatoms. The van der Waals surface area contributed by atoms with Gasteiger partial charge < -0.3 is 10.6 Å². The molecular formula is C11H20N2O2. The molecule has 0 aromatic heterocycles. The van der Waals surface area contributed by atoms with Crippen LogP contribution in [0, 0.1) is 5.41 Å². The van der Waals surface area contributed by atoms with Gasteiger partial charge in [0.1, 0.15) is 5.41 Å². The summed E-state index contributed by atoms with van der Waals surface area (Å²) in [6.45, 7) is 7.59. The Morgan fingerprint density at radius 2 is 1.27 bits per heavy atom. The van der Waals surface area contributed by atoms with Crippen LogP contribution >= 0.6 is 0 Å². The van der Waals surface area contributed by atoms with E-state index < -0.39 is 5.41 Å². The van der Waals surface area contributed by atoms with Gasteiger partial charge in [-0.2, -0.15) is 0 Å². The van der Waals surface area contributed by atoms with Crippen molar-refractivity contribution in [3.8, 4) is 0 Å². The lowest BCUT2D eigenvalue weighted by atomic mass is 10.0. The van der Waals surface area contributed by atoms with E-state index in [9.17, 15) is 9.59 Å². The fourth-order valence-corrected chi connectivity index (χ4v) is 1.48. The summed E-state index contributed by atoms with van der Waals surface area (Å²) >= 11 is 0. The number of carbonyl (C=O) groups excluding carboxylic acids is 2. The van der Waals surface area contributed by atoms with Gasteiger partial charge in [0, 0.05) is 12.1 Å². The number of nitrogens with one attached hydrogen (secondary N) is 2. The third-order valence-corrected chi connectivity index (χ3v) is 2.46. The van der Waals surface area contributed by atoms with Crippen molar-refractivity contribution < 1.29 is 9.59 Å². The molecule has 0 atom stereocenters. The molecule has 0 aromatic carbocycles. The Hall–Kier alpha value is -1.06. The van der Waals surface area contributed by atoms with Gasteiger partial charge >= 0.3 is 0 Å². The van der Waals surface area contributed by atoms with E-state index >= 15 is 0 Å². The van der Waals surface area contributed by atoms with Crippen molar-refractivity contribution in [3.05, 3.63) is 0 Å². The van der Waals surface area contributed by atoms with E-state index in [0.717, 1.165) is 0 Å². The highest BCUT2D eigenvalue weighted by molar-refractivity contribution is 6.08. The van der Waals surface area contributed by atoms with Crippen molar-refractivity contribution in [2.75, 3.05) is 0 Å². The summed E-state index contributed by atoms with van der Waals surface area (Å²) in [4.78, 5) is 23.6. The van der Waals surface area contributed by atoms with Gasteiger partial charge in [0.15, 0.2) is 0 Å². The lowest BCUT2D eigenvalue weighted by Gasteiger charge is -2.18. The zero-order chi connectivity index (χ0) is 11.6. The molecule has 0 bridgehead atoms. The van der Waals surface area contributed by atoms with Crippen LogP contribution in [-0.2, 0) is 9.59 Å². The summed E-state index contributed by atoms with van der Waals surface area (Å²) in [7, 11) is 0. The van der Waals surface area contributed by atoms with Gasteiger partial charge in [-0.1, -0.05) is 0 Å². The largest absolute Gasteiger partial charge is 0.353 e. The molecule has 1 fully saturated rings. The second-order valence-corrected chi connectivity index (χ2v) is 4.84. The molecule has 4 nitrogen and oxygen atoms in total. The van der Waals surface area contributed by atoms with E-state index in [1.807, 2.05) is 27.7 Å². The Bertz CT molecular complexity index is 244. The summed E-state index contributed by atoms with van der Waals surface area (Å²) in [6.07, 6.45) is 1.34. The fourth-order valence-electron chi connectivity index (χ4n) is 1.48. The number of hydrogen-bond acceptors (Lipinski definition) is 2. The van der Waals surface area contributed by atoms with Crippen molar-refractivity contribution in [2.45, 2.75) is 52.6 Å². The summed E-state index contributed by atoms with van der Waals surface area (Å²) in [6, 6.07) is 0.170. The Kier molecular flexibility index (Phi) is 3.37. The van der Waals surface area contributed by atoms with Gasteiger partial charge in [-0.15, -0.1) is 0 Å². The third-order valence-electron chi connectivity index (χ3n) is 2.46. The van der Waals surface area contributed by atoms with Crippen LogP contribution in [0.15, 0.2) is 0 Å². The van der Waals surface area contributed by atoms with Gasteiger partial charge in [0.25, 0.3) is 0 Å². The third kappa shape index (κ3) is 2.70. The van der Waals surface area contributed by atoms with Gasteiger partial charge in [-0.25, -0.2) is 0 Å². The summed E-state index contributed by atoms with van der Waals surface area (Å²) in [5.41, 5.74) is -0.769. The van der Waals surface area contributed by atoms with Crippen molar-refractivity contribution in [3.63, 3.8) is 0 Å². The molecule has 86 valence electrons. The van der Waals surface area contributed by atoms with Crippen LogP contribution in [0.2, 0.25) is 0 Å². The summed E-state index contributed by atoms with van der Waals surface area (Å²) < 4.78 is 0. The first-order valence-electron chi connectivity index (χ1n) is 5.50. The van der Waals surface area contributed by atoms with E-state index in [4.69, 9.17) is 0 Å². The lowest BCUT2D eigenvalue weighted by molar-refractivity contribution is -0.137. The molecule has 0 aromatic rings. The van der Waals surface area contributed by atoms with E-state index in [0.29, 0.717) is 12.8 Å². The Labute approximate surface area is 90.8 Å². The lowest BCUT2D eigenvalue weighted by Crippen LogP contribution is -2.46. The normalized spacial score (nSPS) is 17.7. The average Bonchev–Trinajstić information content (AvgIpc) is 2.80. The van der Waals surface area contributed by atoms with Gasteiger partial charge in [-0.3, -0.25) is 9.59 Å². The molecule has 0 saturated heterocycles. The first-order chi connectivity index (χ1) is 6.88. The molecule has 0 aliphatic heterocycles. The highest BCUT2D eigenvalue weighted by Crippen LogP contribution is 2.46. The minimum absolute atomic E-state index is 0.0850. The van der Waals surface area contributed by atoms with E-state index in [-0.39, 0.29) is 23.9 Å². The number of rotatable bonds is 4. The van der Waals surface area contributed by atoms with Crippen LogP contribution in [-0.4, -0.2) is 23.9 Å². The molecule has 0 radical (unpaired) electrons. The topological polar surface area (TPSA) is 58.2 Å². The molecule has 1 aliphatic rings. The number of hydrogen-bond donors (Lipinski definition) is 2. The SMILES string of the molecule is CC(C)NC(=O)C1(C(=O)NC(C)C)CC1. The van der Waals surface area contributed by atoms with Crippen LogP contribution in [0.5, 0.6) is 0 Å². The van der Waals surface area contributed by atoms with Crippen molar-refractivity contribution >= 4 is 11.8 Å². The highest BCUT2D eigenvalue weighted by atomic mass is 16.2. The van der Waals surface area contributed by atoms with Gasteiger partial charge in [0.2, 0.25) is 11.8 Å². The molecular weight excluding hydrogens is 192 g/mol. The predicted octanol–water partition coefficient (Wildman–Crippen LogP) is 0.816. The molecule has 0 heterocycles. The zero-order valence-electron chi connectivity index (χ0n) is 9.89. The monoisotopic (exact) mass is 212 g/mol. The molecule has 1 aliphatic carbocycles. The van der Waals surface area contributed by atoms with Crippen molar-refractivity contribution in [1.29, 1.82) is 0 Å². The Morgan fingerprint density at radius 1 is 0.933 bits per heavy atom. The van der Waals surface area contributed by atoms with Gasteiger partial charge in [0.05, 0.1) is 0 Å². The molecule has 1 rings (SSSR count). The van der Waals surface area contributed by atoms with Crippen molar-refractivity contribution in [1.82, 2.24) is 10.6 Å². The molecule has 0 unspecified atom stereocenters. The van der Waals surface area contributed by atoms with Crippen LogP contribution in [0.25, 0.3) is 0 Å². The average molecular weight is 212 g/mol. The fraction of sp³-hybridized carbons (Fsp3) is 0.818. The quantitative estimate of drug-likeness (QED) is 0.678. The maximum Gasteiger partial charge on any atom is 0.235 e. The maximum atomic E-state index is 11.8. The van der Waals surface area contributed by atoms with Crippen LogP contribution in [0.4, 0.5) is 0 Å². The zero-order valence-corrected chi connectivity index (χ0v) is 9.89. The first kappa shape index (κ1) is 12.0. The van der Waals surface area contributed by atoms with Crippen molar-refractivity contribution in [2.24, 2.45) is 5.41 Å². The van der Waals surface area contributed by atoms with Crippen LogP contribution < -0.4 is 10.6 Å². The minimum atomic E-state index is -0.769. The molecule has 2 N–H and O–H groups in total. The number of carbonyl (C=O) groups is 2. The Morgan fingerprint density at radius 3 is 1.47 bits per heavy atom. The smallest absolute Gasteiger partial charge is 0.235 e. The summed E-state index contributed by atoms with van der Waals surface area (Å²) in [5, 5.41) is 5.60. The highest BCUT2D eigenvalue weighted by Gasteiger charge is 2.56. The number of amides is 2.